The first-order valence-electron chi connectivity index (χ1n) is 20.8. The Hall–Kier alpha value is -2.69. The number of morpholine rings is 1. The van der Waals surface area contributed by atoms with E-state index < -0.39 is 5.41 Å². The number of halogens is 2. The first-order valence-corrected chi connectivity index (χ1v) is 21.2. The summed E-state index contributed by atoms with van der Waals surface area (Å²) in [5.41, 5.74) is 4.07. The summed E-state index contributed by atoms with van der Waals surface area (Å²) < 4.78 is 35.6. The van der Waals surface area contributed by atoms with Gasteiger partial charge in [0, 0.05) is 76.0 Å². The highest BCUT2D eigenvalue weighted by Crippen LogP contribution is 2.54. The smallest absolute Gasteiger partial charge is 0.251 e. The van der Waals surface area contributed by atoms with Gasteiger partial charge in [0.1, 0.15) is 17.2 Å². The van der Waals surface area contributed by atoms with Gasteiger partial charge in [-0.25, -0.2) is 4.39 Å². The van der Waals surface area contributed by atoms with Crippen molar-refractivity contribution in [3.05, 3.63) is 69.5 Å². The number of allylic oxidation sites excluding steroid dienone is 1. The number of benzene rings is 2. The van der Waals surface area contributed by atoms with Crippen molar-refractivity contribution in [3.63, 3.8) is 0 Å². The summed E-state index contributed by atoms with van der Waals surface area (Å²) in [7, 11) is 0. The van der Waals surface area contributed by atoms with Gasteiger partial charge in [-0.2, -0.15) is 0 Å². The van der Waals surface area contributed by atoms with E-state index >= 15 is 4.39 Å². The zero-order valence-corrected chi connectivity index (χ0v) is 33.1. The van der Waals surface area contributed by atoms with E-state index in [1.54, 1.807) is 6.07 Å². The number of hydrogen-bond acceptors (Lipinski definition) is 7. The Balaban J connectivity index is 1.11. The number of carbonyl (C=O) groups is 1. The molecule has 0 unspecified atom stereocenters. The Morgan fingerprint density at radius 2 is 1.98 bits per heavy atom. The average molecular weight is 761 g/mol. The fourth-order valence-corrected chi connectivity index (χ4v) is 11.5. The molecular formula is C44H58ClFN4O4. The van der Waals surface area contributed by atoms with E-state index in [9.17, 15) is 4.79 Å². The van der Waals surface area contributed by atoms with E-state index in [-0.39, 0.29) is 22.3 Å². The van der Waals surface area contributed by atoms with Gasteiger partial charge in [0.25, 0.3) is 5.91 Å². The van der Waals surface area contributed by atoms with Crippen molar-refractivity contribution in [2.24, 2.45) is 29.6 Å². The van der Waals surface area contributed by atoms with Crippen molar-refractivity contribution < 1.29 is 23.4 Å². The van der Waals surface area contributed by atoms with Crippen molar-refractivity contribution in [1.82, 2.24) is 15.1 Å². The zero-order valence-electron chi connectivity index (χ0n) is 32.4. The molecule has 1 amide bonds. The van der Waals surface area contributed by atoms with Crippen LogP contribution in [0.3, 0.4) is 0 Å². The Morgan fingerprint density at radius 3 is 2.80 bits per heavy atom. The minimum atomic E-state index is -0.408. The van der Waals surface area contributed by atoms with Crippen molar-refractivity contribution in [2.75, 3.05) is 83.7 Å². The first kappa shape index (κ1) is 36.9. The minimum absolute atomic E-state index is 0.0484. The topological polar surface area (TPSA) is 66.5 Å². The van der Waals surface area contributed by atoms with Gasteiger partial charge in [-0.1, -0.05) is 37.6 Å². The number of nitrogens with zero attached hydrogens (tertiary/aromatic N) is 3. The molecule has 2 saturated heterocycles. The van der Waals surface area contributed by atoms with E-state index in [1.165, 1.54) is 5.57 Å². The van der Waals surface area contributed by atoms with E-state index in [0.29, 0.717) is 73.9 Å². The number of piperazine rings is 1. The number of hydrogen-bond donors (Lipinski definition) is 1. The molecule has 10 rings (SSSR count). The number of rotatable bonds is 4. The van der Waals surface area contributed by atoms with Gasteiger partial charge in [-0.3, -0.25) is 14.6 Å². The Labute approximate surface area is 325 Å². The van der Waals surface area contributed by atoms with Crippen LogP contribution in [0.5, 0.6) is 5.75 Å². The van der Waals surface area contributed by atoms with Gasteiger partial charge in [0.05, 0.1) is 30.5 Å². The lowest BCUT2D eigenvalue weighted by atomic mass is 9.57. The molecule has 1 spiro atoms. The molecule has 8 aliphatic rings. The standard InChI is InChI=1S/C44H58ClFN4O4/c1-4-54-44(26-48-14-15-49-16-17-52-24-34(49)23-48)33-18-32(19-33)29(3)28(2)21-47-42(51)30-8-12-40-39(20-30)50(22-31-7-9-36(31)44)25-43(27-53-40)13-5-6-35-37(43)10-11-38(45)41(35)46/h8,10-12,18,20,28-29,31-32,34,36H,4-7,9,13-17,19,21-27H2,1-3H3,(H,47,51)/t28-,29+,31-,32-,34-,36+,43-,44-/m0/s1. The number of ether oxygens (including phenoxy) is 3. The molecule has 3 fully saturated rings. The Morgan fingerprint density at radius 1 is 1.11 bits per heavy atom. The molecule has 54 heavy (non-hydrogen) atoms. The third kappa shape index (κ3) is 6.38. The molecule has 5 heterocycles. The highest BCUT2D eigenvalue weighted by atomic mass is 35.5. The molecule has 0 aromatic heterocycles. The third-order valence-electron chi connectivity index (χ3n) is 14.8. The predicted octanol–water partition coefficient (Wildman–Crippen LogP) is 6.73. The molecule has 1 N–H and O–H groups in total. The molecule has 4 bridgehead atoms. The Kier molecular flexibility index (Phi) is 10.0. The summed E-state index contributed by atoms with van der Waals surface area (Å²) in [6.07, 6.45) is 8.30. The number of amides is 1. The second-order valence-corrected chi connectivity index (χ2v) is 18.2. The lowest BCUT2D eigenvalue weighted by Crippen LogP contribution is -2.64. The normalized spacial score (nSPS) is 35.6. The second kappa shape index (κ2) is 14.7. The fraction of sp³-hybridized carbons (Fsp3) is 0.659. The molecule has 5 aliphatic heterocycles. The lowest BCUT2D eigenvalue weighted by molar-refractivity contribution is -0.132. The number of anilines is 1. The van der Waals surface area contributed by atoms with Crippen LogP contribution in [0.4, 0.5) is 10.1 Å². The minimum Gasteiger partial charge on any atom is -0.490 e. The largest absolute Gasteiger partial charge is 0.490 e. The molecule has 8 atom stereocenters. The zero-order chi connectivity index (χ0) is 37.2. The summed E-state index contributed by atoms with van der Waals surface area (Å²) in [6, 6.07) is 10.1. The summed E-state index contributed by atoms with van der Waals surface area (Å²) in [4.78, 5) is 21.5. The quantitative estimate of drug-likeness (QED) is 0.347. The van der Waals surface area contributed by atoms with Crippen LogP contribution < -0.4 is 15.0 Å². The van der Waals surface area contributed by atoms with Crippen molar-refractivity contribution in [1.29, 1.82) is 0 Å². The van der Waals surface area contributed by atoms with Crippen LogP contribution >= 0.6 is 11.6 Å². The van der Waals surface area contributed by atoms with Crippen molar-refractivity contribution in [2.45, 2.75) is 76.4 Å². The summed E-state index contributed by atoms with van der Waals surface area (Å²) >= 11 is 6.35. The SMILES string of the molecule is CCO[C@@]1(CN2CCN3CCOC[C@@H]3C2)C2=C[C@@H](C2)[C@H](C)[C@@H](C)CNC(=O)c2ccc3c(c2)N(C[C@@H]2CC[C@H]21)C[C@@]1(CCCc2c1ccc(Cl)c2F)CO3. The maximum atomic E-state index is 15.6. The van der Waals surface area contributed by atoms with E-state index in [1.807, 2.05) is 24.3 Å². The van der Waals surface area contributed by atoms with Gasteiger partial charge in [0.15, 0.2) is 0 Å². The van der Waals surface area contributed by atoms with Gasteiger partial charge in [0.2, 0.25) is 0 Å². The summed E-state index contributed by atoms with van der Waals surface area (Å²) in [5, 5.41) is 3.46. The van der Waals surface area contributed by atoms with E-state index in [0.717, 1.165) is 107 Å². The first-order chi connectivity index (χ1) is 26.2. The van der Waals surface area contributed by atoms with Crippen molar-refractivity contribution >= 4 is 23.2 Å². The van der Waals surface area contributed by atoms with Crippen LogP contribution in [0.1, 0.15) is 74.4 Å². The average Bonchev–Trinajstić information content (AvgIpc) is 3.29. The molecule has 8 nitrogen and oxygen atoms in total. The van der Waals surface area contributed by atoms with Crippen LogP contribution in [0.15, 0.2) is 42.0 Å². The molecule has 0 radical (unpaired) electrons. The van der Waals surface area contributed by atoms with Gasteiger partial charge < -0.3 is 24.4 Å². The number of carbonyl (C=O) groups excluding carboxylic acids is 1. The van der Waals surface area contributed by atoms with Crippen LogP contribution in [0.25, 0.3) is 0 Å². The van der Waals surface area contributed by atoms with Crippen molar-refractivity contribution in [3.8, 4) is 5.75 Å². The highest BCUT2D eigenvalue weighted by molar-refractivity contribution is 6.30. The second-order valence-electron chi connectivity index (χ2n) is 17.7. The molecule has 2 aromatic rings. The Bertz CT molecular complexity index is 1790. The van der Waals surface area contributed by atoms with E-state index in [4.69, 9.17) is 25.8 Å². The van der Waals surface area contributed by atoms with Gasteiger partial charge in [-0.05, 0) is 116 Å². The van der Waals surface area contributed by atoms with Gasteiger partial charge >= 0.3 is 0 Å². The molecule has 292 valence electrons. The van der Waals surface area contributed by atoms with Gasteiger partial charge in [-0.15, -0.1) is 0 Å². The van der Waals surface area contributed by atoms with Crippen LogP contribution in [0.2, 0.25) is 5.02 Å². The summed E-state index contributed by atoms with van der Waals surface area (Å²) in [5.74, 6) is 2.41. The van der Waals surface area contributed by atoms with E-state index in [2.05, 4.69) is 46.9 Å². The summed E-state index contributed by atoms with van der Waals surface area (Å²) in [6.45, 7) is 16.8. The lowest BCUT2D eigenvalue weighted by Gasteiger charge is -2.57. The molecular weight excluding hydrogens is 703 g/mol. The fourth-order valence-electron chi connectivity index (χ4n) is 11.3. The number of nitrogens with one attached hydrogen (secondary N) is 1. The molecule has 3 aliphatic carbocycles. The molecule has 2 aromatic carbocycles. The van der Waals surface area contributed by atoms with Crippen LogP contribution in [-0.2, 0) is 21.3 Å². The van der Waals surface area contributed by atoms with Crippen LogP contribution in [0, 0.1) is 35.4 Å². The maximum absolute atomic E-state index is 15.6. The number of fused-ring (bicyclic) bond motifs is 7. The predicted molar refractivity (Wildman–Crippen MR) is 210 cm³/mol. The van der Waals surface area contributed by atoms with Crippen LogP contribution in [-0.4, -0.2) is 106 Å². The monoisotopic (exact) mass is 760 g/mol. The third-order valence-corrected chi connectivity index (χ3v) is 15.1. The molecule has 10 heteroatoms. The highest BCUT2D eigenvalue weighted by Gasteiger charge is 2.55. The maximum Gasteiger partial charge on any atom is 0.251 e. The molecule has 1 saturated carbocycles.